The van der Waals surface area contributed by atoms with Gasteiger partial charge in [-0.25, -0.2) is 4.79 Å². The van der Waals surface area contributed by atoms with Crippen molar-refractivity contribution in [2.75, 3.05) is 6.61 Å². The van der Waals surface area contributed by atoms with Crippen molar-refractivity contribution in [3.63, 3.8) is 0 Å². The van der Waals surface area contributed by atoms with Crippen LogP contribution in [0.4, 0.5) is 0 Å². The van der Waals surface area contributed by atoms with Crippen LogP contribution in [-0.4, -0.2) is 12.6 Å². The summed E-state index contributed by atoms with van der Waals surface area (Å²) < 4.78 is 16.9. The van der Waals surface area contributed by atoms with Crippen molar-refractivity contribution in [3.8, 4) is 23.3 Å². The highest BCUT2D eigenvalue weighted by atomic mass is 16.5. The van der Waals surface area contributed by atoms with Gasteiger partial charge in [-0.2, -0.15) is 5.26 Å². The van der Waals surface area contributed by atoms with Crippen LogP contribution in [0.15, 0.2) is 78.2 Å². The molecular weight excluding hydrogens is 440 g/mol. The molecule has 0 spiro atoms. The zero-order valence-electron chi connectivity index (χ0n) is 20.3. The molecule has 6 nitrogen and oxygen atoms in total. The first kappa shape index (κ1) is 23.9. The second-order valence-corrected chi connectivity index (χ2v) is 9.32. The molecular formula is C29H28N2O4. The van der Waals surface area contributed by atoms with Crippen molar-refractivity contribution in [2.24, 2.45) is 5.73 Å². The Morgan fingerprint density at radius 2 is 1.80 bits per heavy atom. The zero-order valence-corrected chi connectivity index (χ0v) is 20.3. The van der Waals surface area contributed by atoms with Crippen molar-refractivity contribution >= 4 is 5.97 Å². The van der Waals surface area contributed by atoms with E-state index < -0.39 is 5.97 Å². The lowest BCUT2D eigenvalue weighted by molar-refractivity contribution is 0.0730. The fraction of sp³-hybridized carbons (Fsp3) is 0.241. The van der Waals surface area contributed by atoms with E-state index in [0.29, 0.717) is 35.0 Å². The number of carbonyl (C=O) groups excluding carboxylic acids is 1. The first-order valence-corrected chi connectivity index (χ1v) is 11.5. The van der Waals surface area contributed by atoms with E-state index in [4.69, 9.17) is 19.9 Å². The van der Waals surface area contributed by atoms with E-state index in [-0.39, 0.29) is 17.2 Å². The van der Waals surface area contributed by atoms with E-state index in [1.54, 1.807) is 42.5 Å². The number of hydrogen-bond acceptors (Lipinski definition) is 6. The second kappa shape index (κ2) is 9.55. The first-order valence-electron chi connectivity index (χ1n) is 11.5. The number of ether oxygens (including phenoxy) is 3. The molecule has 1 aliphatic rings. The molecule has 35 heavy (non-hydrogen) atoms. The van der Waals surface area contributed by atoms with Crippen LogP contribution in [0, 0.1) is 11.3 Å². The van der Waals surface area contributed by atoms with Crippen LogP contribution >= 0.6 is 0 Å². The third-order valence-electron chi connectivity index (χ3n) is 5.92. The number of rotatable bonds is 5. The summed E-state index contributed by atoms with van der Waals surface area (Å²) in [6, 6.07) is 22.4. The standard InChI is InChI=1S/C29H28N2O4/c1-5-33-24-9-7-6-8-22(24)28(32)34-20-14-15-21-25(16-20)35-27(31)23(17-30)26(21)18-10-12-19(13-11-18)29(2,3)4/h6-16,26H,5,31H2,1-4H3. The van der Waals surface area contributed by atoms with Crippen LogP contribution in [0.2, 0.25) is 0 Å². The van der Waals surface area contributed by atoms with Gasteiger partial charge in [0.25, 0.3) is 0 Å². The van der Waals surface area contributed by atoms with Gasteiger partial charge in [0, 0.05) is 11.6 Å². The van der Waals surface area contributed by atoms with Gasteiger partial charge in [-0.05, 0) is 41.7 Å². The lowest BCUT2D eigenvalue weighted by Gasteiger charge is -2.27. The number of allylic oxidation sites excluding steroid dienone is 1. The Kier molecular flexibility index (Phi) is 6.52. The van der Waals surface area contributed by atoms with E-state index in [0.717, 1.165) is 11.1 Å². The van der Waals surface area contributed by atoms with E-state index >= 15 is 0 Å². The maximum atomic E-state index is 12.8. The summed E-state index contributed by atoms with van der Waals surface area (Å²) in [5.74, 6) is 0.306. The minimum Gasteiger partial charge on any atom is -0.493 e. The quantitative estimate of drug-likeness (QED) is 0.374. The summed E-state index contributed by atoms with van der Waals surface area (Å²) in [5, 5.41) is 9.82. The smallest absolute Gasteiger partial charge is 0.347 e. The molecule has 0 saturated carbocycles. The van der Waals surface area contributed by atoms with Crippen molar-refractivity contribution in [3.05, 3.63) is 100 Å². The van der Waals surface area contributed by atoms with Crippen LogP contribution in [0.5, 0.6) is 17.2 Å². The summed E-state index contributed by atoms with van der Waals surface area (Å²) in [7, 11) is 0. The van der Waals surface area contributed by atoms with Gasteiger partial charge in [-0.1, -0.05) is 63.2 Å². The molecule has 0 bridgehead atoms. The fourth-order valence-corrected chi connectivity index (χ4v) is 4.10. The van der Waals surface area contributed by atoms with Crippen LogP contribution in [-0.2, 0) is 5.41 Å². The lowest BCUT2D eigenvalue weighted by Crippen LogP contribution is -2.21. The molecule has 1 atom stereocenters. The predicted molar refractivity (Wildman–Crippen MR) is 133 cm³/mol. The van der Waals surface area contributed by atoms with Gasteiger partial charge in [0.05, 0.1) is 12.5 Å². The highest BCUT2D eigenvalue weighted by molar-refractivity contribution is 5.94. The molecule has 2 N–H and O–H groups in total. The number of benzene rings is 3. The molecule has 3 aromatic rings. The molecule has 1 heterocycles. The Morgan fingerprint density at radius 3 is 2.46 bits per heavy atom. The molecule has 4 rings (SSSR count). The van der Waals surface area contributed by atoms with Crippen LogP contribution in [0.25, 0.3) is 0 Å². The summed E-state index contributed by atoms with van der Waals surface area (Å²) >= 11 is 0. The van der Waals surface area contributed by atoms with Crippen molar-refractivity contribution in [1.29, 1.82) is 5.26 Å². The van der Waals surface area contributed by atoms with Gasteiger partial charge in [0.2, 0.25) is 5.88 Å². The van der Waals surface area contributed by atoms with Gasteiger partial charge >= 0.3 is 5.97 Å². The SMILES string of the molecule is CCOc1ccccc1C(=O)Oc1ccc2c(c1)OC(N)=C(C#N)C2c1ccc(C(C)(C)C)cc1. The first-order chi connectivity index (χ1) is 16.7. The van der Waals surface area contributed by atoms with Crippen molar-refractivity contribution < 1.29 is 19.0 Å². The number of fused-ring (bicyclic) bond motifs is 1. The minimum absolute atomic E-state index is 0.0125. The van der Waals surface area contributed by atoms with Gasteiger partial charge in [-0.15, -0.1) is 0 Å². The Balaban J connectivity index is 1.67. The van der Waals surface area contributed by atoms with E-state index in [1.165, 1.54) is 5.56 Å². The summed E-state index contributed by atoms with van der Waals surface area (Å²) in [4.78, 5) is 12.8. The second-order valence-electron chi connectivity index (χ2n) is 9.32. The van der Waals surface area contributed by atoms with E-state index in [1.807, 2.05) is 19.1 Å². The normalized spacial score (nSPS) is 15.0. The average molecular weight is 469 g/mol. The zero-order chi connectivity index (χ0) is 25.2. The number of nitrogens with two attached hydrogens (primary N) is 1. The van der Waals surface area contributed by atoms with Crippen LogP contribution in [0.3, 0.4) is 0 Å². The Labute approximate surface area is 205 Å². The van der Waals surface area contributed by atoms with Gasteiger partial charge in [0.15, 0.2) is 0 Å². The maximum absolute atomic E-state index is 12.8. The number of nitriles is 1. The molecule has 0 aliphatic carbocycles. The topological polar surface area (TPSA) is 94.6 Å². The van der Waals surface area contributed by atoms with E-state index in [2.05, 4.69) is 39.0 Å². The van der Waals surface area contributed by atoms with Crippen molar-refractivity contribution in [2.45, 2.75) is 39.0 Å². The molecule has 1 aliphatic heterocycles. The minimum atomic E-state index is -0.541. The van der Waals surface area contributed by atoms with E-state index in [9.17, 15) is 10.1 Å². The third kappa shape index (κ3) is 4.85. The lowest BCUT2D eigenvalue weighted by atomic mass is 9.81. The maximum Gasteiger partial charge on any atom is 0.347 e. The largest absolute Gasteiger partial charge is 0.493 e. The Morgan fingerprint density at radius 1 is 1.09 bits per heavy atom. The third-order valence-corrected chi connectivity index (χ3v) is 5.92. The Bertz CT molecular complexity index is 1330. The van der Waals surface area contributed by atoms with Crippen LogP contribution < -0.4 is 19.9 Å². The molecule has 6 heteroatoms. The Hall–Kier alpha value is -4.24. The predicted octanol–water partition coefficient (Wildman–Crippen LogP) is 5.82. The molecule has 178 valence electrons. The summed E-state index contributed by atoms with van der Waals surface area (Å²) in [5.41, 5.74) is 9.72. The fourth-order valence-electron chi connectivity index (χ4n) is 4.10. The number of hydrogen-bond donors (Lipinski definition) is 1. The van der Waals surface area contributed by atoms with Gasteiger partial charge in [-0.3, -0.25) is 0 Å². The molecule has 3 aromatic carbocycles. The number of nitrogens with zero attached hydrogens (tertiary/aromatic N) is 1. The monoisotopic (exact) mass is 468 g/mol. The number of esters is 1. The number of carbonyl (C=O) groups is 1. The highest BCUT2D eigenvalue weighted by Gasteiger charge is 2.31. The highest BCUT2D eigenvalue weighted by Crippen LogP contribution is 2.43. The summed E-state index contributed by atoms with van der Waals surface area (Å²) in [6.45, 7) is 8.74. The molecule has 0 aromatic heterocycles. The number of para-hydroxylation sites is 1. The van der Waals surface area contributed by atoms with Crippen molar-refractivity contribution in [1.82, 2.24) is 0 Å². The molecule has 1 unspecified atom stereocenters. The van der Waals surface area contributed by atoms with Gasteiger partial charge < -0.3 is 19.9 Å². The molecule has 0 radical (unpaired) electrons. The molecule has 0 fully saturated rings. The average Bonchev–Trinajstić information content (AvgIpc) is 2.83. The molecule has 0 saturated heterocycles. The van der Waals surface area contributed by atoms with Crippen LogP contribution in [0.1, 0.15) is 60.7 Å². The summed E-state index contributed by atoms with van der Waals surface area (Å²) in [6.07, 6.45) is 0. The van der Waals surface area contributed by atoms with Gasteiger partial charge in [0.1, 0.15) is 34.5 Å². The molecule has 0 amide bonds.